The van der Waals surface area contributed by atoms with Crippen LogP contribution >= 0.6 is 24.2 Å². The zero-order valence-corrected chi connectivity index (χ0v) is 13.2. The van der Waals surface area contributed by atoms with Crippen LogP contribution in [0.15, 0.2) is 41.8 Å². The van der Waals surface area contributed by atoms with Crippen molar-refractivity contribution in [2.75, 3.05) is 0 Å². The molecular weight excluding hydrogens is 312 g/mol. The zero-order valence-electron chi connectivity index (χ0n) is 11.6. The van der Waals surface area contributed by atoms with E-state index < -0.39 is 0 Å². The Morgan fingerprint density at radius 3 is 2.48 bits per heavy atom. The molecule has 0 fully saturated rings. The summed E-state index contributed by atoms with van der Waals surface area (Å²) in [6, 6.07) is 7.23. The van der Waals surface area contributed by atoms with E-state index in [4.69, 9.17) is 4.74 Å². The lowest BCUT2D eigenvalue weighted by atomic mass is 10.2. The summed E-state index contributed by atoms with van der Waals surface area (Å²) in [6.45, 7) is 3.48. The van der Waals surface area contributed by atoms with Gasteiger partial charge in [0.1, 0.15) is 5.75 Å². The first-order chi connectivity index (χ1) is 9.54. The second kappa shape index (κ2) is 7.85. The van der Waals surface area contributed by atoms with E-state index in [1.165, 1.54) is 13.8 Å². The summed E-state index contributed by atoms with van der Waals surface area (Å²) < 4.78 is 6.87. The average Bonchev–Trinajstić information content (AvgIpc) is 2.78. The quantitative estimate of drug-likeness (QED) is 0.491. The van der Waals surface area contributed by atoms with Gasteiger partial charge in [-0.1, -0.05) is 12.1 Å². The van der Waals surface area contributed by atoms with Crippen LogP contribution in [0.1, 0.15) is 19.4 Å². The maximum absolute atomic E-state index is 11.1. The maximum atomic E-state index is 11.1. The van der Waals surface area contributed by atoms with Crippen molar-refractivity contribution in [2.24, 2.45) is 0 Å². The summed E-state index contributed by atoms with van der Waals surface area (Å²) >= 11 is 1.11. The van der Waals surface area contributed by atoms with E-state index >= 15 is 0 Å². The smallest absolute Gasteiger partial charge is 0.308 e. The van der Waals surface area contributed by atoms with Gasteiger partial charge in [0.2, 0.25) is 0 Å². The number of aromatic nitrogens is 2. The second-order valence-corrected chi connectivity index (χ2v) is 5.31. The SMILES string of the molecule is CC(=O)Oc1ccc(Cn2ccnc2SC(C)=O)cc1.Cl. The van der Waals surface area contributed by atoms with Crippen LogP contribution in [0.5, 0.6) is 5.75 Å². The van der Waals surface area contributed by atoms with E-state index in [9.17, 15) is 9.59 Å². The molecule has 112 valence electrons. The lowest BCUT2D eigenvalue weighted by molar-refractivity contribution is -0.131. The highest BCUT2D eigenvalue weighted by molar-refractivity contribution is 8.13. The minimum Gasteiger partial charge on any atom is -0.427 e. The van der Waals surface area contributed by atoms with Crippen LogP contribution in [0.2, 0.25) is 0 Å². The highest BCUT2D eigenvalue weighted by Gasteiger charge is 2.07. The van der Waals surface area contributed by atoms with Gasteiger partial charge in [-0.3, -0.25) is 9.59 Å². The van der Waals surface area contributed by atoms with E-state index in [1.807, 2.05) is 22.9 Å². The Kier molecular flexibility index (Phi) is 6.45. The summed E-state index contributed by atoms with van der Waals surface area (Å²) in [5.41, 5.74) is 1.03. The Hall–Kier alpha value is -1.79. The summed E-state index contributed by atoms with van der Waals surface area (Å²) in [4.78, 5) is 26.1. The molecular formula is C14H15ClN2O3S. The number of carbonyl (C=O) groups is 2. The monoisotopic (exact) mass is 326 g/mol. The molecule has 0 bridgehead atoms. The number of imidazole rings is 1. The molecule has 2 aromatic rings. The Labute approximate surface area is 133 Å². The molecule has 0 atom stereocenters. The van der Waals surface area contributed by atoms with Crippen LogP contribution in [-0.2, 0) is 16.1 Å². The molecule has 0 aliphatic rings. The molecule has 2 rings (SSSR count). The lowest BCUT2D eigenvalue weighted by Gasteiger charge is -2.07. The summed E-state index contributed by atoms with van der Waals surface area (Å²) in [5.74, 6) is 0.178. The molecule has 0 N–H and O–H groups in total. The van der Waals surface area contributed by atoms with E-state index in [2.05, 4.69) is 4.98 Å². The Balaban J connectivity index is 0.00000220. The first-order valence-corrected chi connectivity index (χ1v) is 6.83. The third-order valence-corrected chi connectivity index (χ3v) is 3.26. The number of esters is 1. The van der Waals surface area contributed by atoms with Crippen LogP contribution in [-0.4, -0.2) is 20.6 Å². The van der Waals surface area contributed by atoms with Gasteiger partial charge in [-0.15, -0.1) is 12.4 Å². The lowest BCUT2D eigenvalue weighted by Crippen LogP contribution is -2.03. The Bertz CT molecular complexity index is 625. The molecule has 0 saturated heterocycles. The van der Waals surface area contributed by atoms with Gasteiger partial charge in [-0.2, -0.15) is 0 Å². The van der Waals surface area contributed by atoms with Gasteiger partial charge in [0, 0.05) is 32.8 Å². The van der Waals surface area contributed by atoms with Crippen molar-refractivity contribution in [1.29, 1.82) is 0 Å². The van der Waals surface area contributed by atoms with E-state index in [0.717, 1.165) is 17.3 Å². The number of halogens is 1. The molecule has 1 heterocycles. The molecule has 0 saturated carbocycles. The molecule has 5 nitrogen and oxygen atoms in total. The predicted molar refractivity (Wildman–Crippen MR) is 82.9 cm³/mol. The van der Waals surface area contributed by atoms with E-state index in [1.54, 1.807) is 18.3 Å². The number of hydrogen-bond donors (Lipinski definition) is 0. The van der Waals surface area contributed by atoms with Crippen molar-refractivity contribution in [3.63, 3.8) is 0 Å². The molecule has 21 heavy (non-hydrogen) atoms. The predicted octanol–water partition coefficient (Wildman–Crippen LogP) is 2.92. The van der Waals surface area contributed by atoms with Gasteiger partial charge < -0.3 is 9.30 Å². The molecule has 7 heteroatoms. The number of nitrogens with zero attached hydrogens (tertiary/aromatic N) is 2. The normalized spacial score (nSPS) is 9.81. The molecule has 1 aromatic carbocycles. The van der Waals surface area contributed by atoms with E-state index in [-0.39, 0.29) is 23.5 Å². The topological polar surface area (TPSA) is 61.2 Å². The zero-order chi connectivity index (χ0) is 14.5. The largest absolute Gasteiger partial charge is 0.427 e. The fourth-order valence-electron chi connectivity index (χ4n) is 1.67. The minimum atomic E-state index is -0.340. The number of carbonyl (C=O) groups excluding carboxylic acids is 2. The molecule has 0 radical (unpaired) electrons. The Morgan fingerprint density at radius 1 is 1.24 bits per heavy atom. The standard InChI is InChI=1S/C14H14N2O3S.ClH/c1-10(17)19-13-5-3-12(4-6-13)9-16-8-7-15-14(16)20-11(2)18;/h3-8H,9H2,1-2H3;1H. The van der Waals surface area contributed by atoms with Crippen molar-refractivity contribution in [1.82, 2.24) is 9.55 Å². The summed E-state index contributed by atoms with van der Waals surface area (Å²) in [5, 5.41) is 0.671. The van der Waals surface area contributed by atoms with Crippen LogP contribution < -0.4 is 4.74 Å². The van der Waals surface area contributed by atoms with Crippen molar-refractivity contribution >= 4 is 35.3 Å². The van der Waals surface area contributed by atoms with Gasteiger partial charge >= 0.3 is 5.97 Å². The van der Waals surface area contributed by atoms with Gasteiger partial charge in [0.25, 0.3) is 0 Å². The van der Waals surface area contributed by atoms with Crippen molar-refractivity contribution in [2.45, 2.75) is 25.5 Å². The molecule has 1 aromatic heterocycles. The third-order valence-electron chi connectivity index (χ3n) is 2.45. The molecule has 0 aliphatic carbocycles. The van der Waals surface area contributed by atoms with Crippen LogP contribution in [0.4, 0.5) is 0 Å². The van der Waals surface area contributed by atoms with Crippen molar-refractivity contribution < 1.29 is 14.3 Å². The van der Waals surface area contributed by atoms with Crippen LogP contribution in [0, 0.1) is 0 Å². The number of thioether (sulfide) groups is 1. The van der Waals surface area contributed by atoms with Gasteiger partial charge in [0.05, 0.1) is 0 Å². The van der Waals surface area contributed by atoms with Gasteiger partial charge in [0.15, 0.2) is 10.3 Å². The highest BCUT2D eigenvalue weighted by atomic mass is 35.5. The fourth-order valence-corrected chi connectivity index (χ4v) is 2.29. The number of ether oxygens (including phenoxy) is 1. The summed E-state index contributed by atoms with van der Waals surface area (Å²) in [7, 11) is 0. The van der Waals surface area contributed by atoms with E-state index in [0.29, 0.717) is 17.5 Å². The van der Waals surface area contributed by atoms with Crippen molar-refractivity contribution in [3.8, 4) is 5.75 Å². The minimum absolute atomic E-state index is 0. The van der Waals surface area contributed by atoms with Crippen molar-refractivity contribution in [3.05, 3.63) is 42.2 Å². The first-order valence-electron chi connectivity index (χ1n) is 6.01. The second-order valence-electron chi connectivity index (χ2n) is 4.17. The number of rotatable bonds is 4. The number of hydrogen-bond acceptors (Lipinski definition) is 5. The molecule has 0 amide bonds. The van der Waals surface area contributed by atoms with Crippen LogP contribution in [0.3, 0.4) is 0 Å². The maximum Gasteiger partial charge on any atom is 0.308 e. The van der Waals surface area contributed by atoms with Gasteiger partial charge in [-0.05, 0) is 29.5 Å². The first kappa shape index (κ1) is 17.3. The Morgan fingerprint density at radius 2 is 1.90 bits per heavy atom. The molecule has 0 unspecified atom stereocenters. The average molecular weight is 327 g/mol. The highest BCUT2D eigenvalue weighted by Crippen LogP contribution is 2.19. The third kappa shape index (κ3) is 5.24. The van der Waals surface area contributed by atoms with Gasteiger partial charge in [-0.25, -0.2) is 4.98 Å². The fraction of sp³-hybridized carbons (Fsp3) is 0.214. The van der Waals surface area contributed by atoms with Crippen LogP contribution in [0.25, 0.3) is 0 Å². The number of benzene rings is 1. The molecule has 0 aliphatic heterocycles. The summed E-state index contributed by atoms with van der Waals surface area (Å²) in [6.07, 6.45) is 3.49. The molecule has 0 spiro atoms.